The normalized spacial score (nSPS) is 20.8. The highest BCUT2D eigenvalue weighted by atomic mass is 19.1. The number of aromatic nitrogens is 2. The third-order valence-electron chi connectivity index (χ3n) is 5.67. The van der Waals surface area contributed by atoms with Crippen molar-refractivity contribution >= 4 is 22.7 Å². The van der Waals surface area contributed by atoms with Crippen molar-refractivity contribution in [2.75, 3.05) is 36.0 Å². The molecule has 0 spiro atoms. The van der Waals surface area contributed by atoms with Gasteiger partial charge in [-0.3, -0.25) is 0 Å². The van der Waals surface area contributed by atoms with Crippen LogP contribution in [0, 0.1) is 5.82 Å². The van der Waals surface area contributed by atoms with Gasteiger partial charge < -0.3 is 14.5 Å². The number of ether oxygens (including phenoxy) is 1. The van der Waals surface area contributed by atoms with Gasteiger partial charge in [0.05, 0.1) is 25.2 Å². The molecule has 0 bridgehead atoms. The fourth-order valence-electron chi connectivity index (χ4n) is 4.26. The van der Waals surface area contributed by atoms with Crippen molar-refractivity contribution in [3.05, 3.63) is 54.3 Å². The minimum Gasteiger partial charge on any atom is -0.489 e. The largest absolute Gasteiger partial charge is 0.489 e. The number of nitrogens with zero attached hydrogens (tertiary/aromatic N) is 4. The van der Waals surface area contributed by atoms with Crippen molar-refractivity contribution in [3.63, 3.8) is 0 Å². The Labute approximate surface area is 174 Å². The summed E-state index contributed by atoms with van der Waals surface area (Å²) in [7, 11) is 0. The number of hydrogen-bond acceptors (Lipinski definition) is 5. The number of fused-ring (bicyclic) bond motifs is 1. The zero-order chi connectivity index (χ0) is 20.7. The monoisotopic (exact) mass is 410 g/mol. The minimum absolute atomic E-state index is 0.0227. The number of alkyl halides is 1. The third kappa shape index (κ3) is 3.76. The van der Waals surface area contributed by atoms with Crippen LogP contribution < -0.4 is 14.5 Å². The van der Waals surface area contributed by atoms with E-state index in [4.69, 9.17) is 9.72 Å². The van der Waals surface area contributed by atoms with Gasteiger partial charge in [0.2, 0.25) is 5.95 Å². The second-order valence-electron chi connectivity index (χ2n) is 8.42. The van der Waals surface area contributed by atoms with Gasteiger partial charge in [0.15, 0.2) is 0 Å². The molecule has 156 valence electrons. The first-order valence-electron chi connectivity index (χ1n) is 10.3. The molecular weight excluding hydrogens is 386 g/mol. The number of halogens is 2. The van der Waals surface area contributed by atoms with Crippen LogP contribution in [0.4, 0.5) is 20.5 Å². The van der Waals surface area contributed by atoms with E-state index in [1.165, 1.54) is 12.1 Å². The molecule has 5 rings (SSSR count). The molecule has 3 heterocycles. The topological polar surface area (TPSA) is 41.5 Å². The summed E-state index contributed by atoms with van der Waals surface area (Å²) in [6, 6.07) is 14.3. The van der Waals surface area contributed by atoms with E-state index in [0.717, 1.165) is 30.5 Å². The van der Waals surface area contributed by atoms with Crippen LogP contribution >= 0.6 is 0 Å². The molecule has 1 atom stereocenters. The lowest BCUT2D eigenvalue weighted by atomic mass is 9.98. The Morgan fingerprint density at radius 1 is 1.07 bits per heavy atom. The van der Waals surface area contributed by atoms with Crippen LogP contribution in [0.2, 0.25) is 0 Å². The molecular formula is C23H24F2N4O. The molecule has 2 fully saturated rings. The first-order valence-corrected chi connectivity index (χ1v) is 10.3. The average Bonchev–Trinajstić information content (AvgIpc) is 2.72. The SMILES string of the molecule is CC1(F)CN(c2nc(N3CCCC(Oc4ccccc4)C3)nc3cc(F)ccc23)C1. The Balaban J connectivity index is 1.44. The van der Waals surface area contributed by atoms with Gasteiger partial charge >= 0.3 is 0 Å². The lowest BCUT2D eigenvalue weighted by Gasteiger charge is -2.43. The van der Waals surface area contributed by atoms with Gasteiger partial charge in [0.1, 0.15) is 29.2 Å². The van der Waals surface area contributed by atoms with Crippen LogP contribution in [-0.4, -0.2) is 47.9 Å². The summed E-state index contributed by atoms with van der Waals surface area (Å²) in [5, 5.41) is 0.741. The van der Waals surface area contributed by atoms with E-state index in [9.17, 15) is 8.78 Å². The molecule has 1 unspecified atom stereocenters. The molecule has 5 nitrogen and oxygen atoms in total. The highest BCUT2D eigenvalue weighted by Crippen LogP contribution is 2.35. The third-order valence-corrected chi connectivity index (χ3v) is 5.67. The first-order chi connectivity index (χ1) is 14.5. The van der Waals surface area contributed by atoms with Gasteiger partial charge in [-0.2, -0.15) is 4.98 Å². The number of benzene rings is 2. The Morgan fingerprint density at radius 3 is 2.63 bits per heavy atom. The number of para-hydroxylation sites is 1. The molecule has 2 aliphatic heterocycles. The number of anilines is 2. The zero-order valence-electron chi connectivity index (χ0n) is 16.9. The van der Waals surface area contributed by atoms with E-state index in [1.807, 2.05) is 35.2 Å². The number of rotatable bonds is 4. The fraction of sp³-hybridized carbons (Fsp3) is 0.391. The highest BCUT2D eigenvalue weighted by molar-refractivity contribution is 5.91. The molecule has 30 heavy (non-hydrogen) atoms. The second-order valence-corrected chi connectivity index (χ2v) is 8.42. The van der Waals surface area contributed by atoms with Crippen LogP contribution in [0.1, 0.15) is 19.8 Å². The maximum absolute atomic E-state index is 14.1. The lowest BCUT2D eigenvalue weighted by molar-refractivity contribution is 0.144. The summed E-state index contributed by atoms with van der Waals surface area (Å²) in [5.74, 6) is 1.70. The summed E-state index contributed by atoms with van der Waals surface area (Å²) < 4.78 is 34.2. The first kappa shape index (κ1) is 19.0. The van der Waals surface area contributed by atoms with Gasteiger partial charge in [0.25, 0.3) is 0 Å². The van der Waals surface area contributed by atoms with Crippen molar-refractivity contribution in [3.8, 4) is 5.75 Å². The predicted octanol–water partition coefficient (Wildman–Crippen LogP) is 4.36. The van der Waals surface area contributed by atoms with Gasteiger partial charge in [-0.05, 0) is 44.0 Å². The molecule has 0 aliphatic carbocycles. The summed E-state index contributed by atoms with van der Waals surface area (Å²) >= 11 is 0. The highest BCUT2D eigenvalue weighted by Gasteiger charge is 2.40. The fourth-order valence-corrected chi connectivity index (χ4v) is 4.26. The summed E-state index contributed by atoms with van der Waals surface area (Å²) in [4.78, 5) is 13.4. The molecule has 2 aliphatic rings. The van der Waals surface area contributed by atoms with Crippen molar-refractivity contribution < 1.29 is 13.5 Å². The van der Waals surface area contributed by atoms with E-state index in [1.54, 1.807) is 13.0 Å². The van der Waals surface area contributed by atoms with E-state index < -0.39 is 5.67 Å². The van der Waals surface area contributed by atoms with E-state index in [-0.39, 0.29) is 25.0 Å². The Morgan fingerprint density at radius 2 is 1.87 bits per heavy atom. The van der Waals surface area contributed by atoms with E-state index in [0.29, 0.717) is 23.8 Å². The van der Waals surface area contributed by atoms with Crippen LogP contribution in [-0.2, 0) is 0 Å². The van der Waals surface area contributed by atoms with Crippen molar-refractivity contribution in [2.24, 2.45) is 0 Å². The summed E-state index contributed by atoms with van der Waals surface area (Å²) in [6.07, 6.45) is 1.92. The molecule has 0 amide bonds. The van der Waals surface area contributed by atoms with Crippen molar-refractivity contribution in [1.82, 2.24) is 9.97 Å². The molecule has 3 aromatic rings. The van der Waals surface area contributed by atoms with Crippen LogP contribution in [0.25, 0.3) is 10.9 Å². The number of piperidine rings is 1. The zero-order valence-corrected chi connectivity index (χ0v) is 16.9. The molecule has 7 heteroatoms. The maximum Gasteiger partial charge on any atom is 0.228 e. The Bertz CT molecular complexity index is 1050. The maximum atomic E-state index is 14.1. The quantitative estimate of drug-likeness (QED) is 0.639. The van der Waals surface area contributed by atoms with Gasteiger partial charge in [0, 0.05) is 18.0 Å². The lowest BCUT2D eigenvalue weighted by Crippen LogP contribution is -2.57. The van der Waals surface area contributed by atoms with Gasteiger partial charge in [-0.1, -0.05) is 18.2 Å². The number of hydrogen-bond donors (Lipinski definition) is 0. The molecule has 1 aromatic heterocycles. The van der Waals surface area contributed by atoms with Gasteiger partial charge in [-0.15, -0.1) is 0 Å². The molecule has 0 N–H and O–H groups in total. The smallest absolute Gasteiger partial charge is 0.228 e. The summed E-state index contributed by atoms with van der Waals surface area (Å²) in [5.41, 5.74) is -0.689. The van der Waals surface area contributed by atoms with Crippen LogP contribution in [0.5, 0.6) is 5.75 Å². The van der Waals surface area contributed by atoms with E-state index >= 15 is 0 Å². The minimum atomic E-state index is -1.22. The van der Waals surface area contributed by atoms with Crippen LogP contribution in [0.3, 0.4) is 0 Å². The van der Waals surface area contributed by atoms with E-state index in [2.05, 4.69) is 9.88 Å². The summed E-state index contributed by atoms with van der Waals surface area (Å²) in [6.45, 7) is 3.58. The molecule has 2 saturated heterocycles. The van der Waals surface area contributed by atoms with Gasteiger partial charge in [-0.25, -0.2) is 13.8 Å². The Hall–Kier alpha value is -2.96. The molecule has 0 saturated carbocycles. The van der Waals surface area contributed by atoms with Crippen LogP contribution in [0.15, 0.2) is 48.5 Å². The predicted molar refractivity (Wildman–Crippen MR) is 114 cm³/mol. The molecule has 0 radical (unpaired) electrons. The Kier molecular flexibility index (Phi) is 4.68. The second kappa shape index (κ2) is 7.38. The van der Waals surface area contributed by atoms with Crippen molar-refractivity contribution in [2.45, 2.75) is 31.5 Å². The standard InChI is InChI=1S/C23H24F2N4O/c1-23(25)14-29(15-23)21-19-10-9-16(24)12-20(19)26-22(27-21)28-11-5-8-18(13-28)30-17-6-3-2-4-7-17/h2-4,6-7,9-10,12,18H,5,8,11,13-15H2,1H3. The average molecular weight is 410 g/mol. The molecule has 2 aromatic carbocycles. The van der Waals surface area contributed by atoms with Crippen molar-refractivity contribution in [1.29, 1.82) is 0 Å².